The van der Waals surface area contributed by atoms with E-state index < -0.39 is 0 Å². The molecule has 1 aliphatic carbocycles. The van der Waals surface area contributed by atoms with Crippen molar-refractivity contribution in [1.82, 2.24) is 0 Å². The molecule has 19 heavy (non-hydrogen) atoms. The van der Waals surface area contributed by atoms with E-state index in [9.17, 15) is 0 Å². The predicted molar refractivity (Wildman–Crippen MR) is 80.4 cm³/mol. The van der Waals surface area contributed by atoms with Crippen LogP contribution in [0.2, 0.25) is 0 Å². The number of benzene rings is 1. The first-order chi connectivity index (χ1) is 8.93. The lowest BCUT2D eigenvalue weighted by Gasteiger charge is -2.37. The summed E-state index contributed by atoms with van der Waals surface area (Å²) in [4.78, 5) is 0. The van der Waals surface area contributed by atoms with Crippen molar-refractivity contribution in [2.45, 2.75) is 52.5 Å². The van der Waals surface area contributed by atoms with Crippen LogP contribution in [-0.4, -0.2) is 7.11 Å². The van der Waals surface area contributed by atoms with Gasteiger partial charge in [-0.2, -0.15) is 0 Å². The van der Waals surface area contributed by atoms with Crippen molar-refractivity contribution in [3.05, 3.63) is 29.3 Å². The zero-order valence-corrected chi connectivity index (χ0v) is 12.7. The van der Waals surface area contributed by atoms with Crippen molar-refractivity contribution in [3.63, 3.8) is 0 Å². The van der Waals surface area contributed by atoms with Crippen LogP contribution in [0.5, 0.6) is 5.75 Å². The summed E-state index contributed by atoms with van der Waals surface area (Å²) in [6, 6.07) is 6.41. The van der Waals surface area contributed by atoms with Gasteiger partial charge in [0.05, 0.1) is 7.11 Å². The molecule has 2 nitrogen and oxygen atoms in total. The summed E-state index contributed by atoms with van der Waals surface area (Å²) in [7, 11) is 1.71. The maximum atomic E-state index is 6.51. The molecule has 1 fully saturated rings. The van der Waals surface area contributed by atoms with Gasteiger partial charge in [-0.05, 0) is 67.2 Å². The van der Waals surface area contributed by atoms with Crippen molar-refractivity contribution in [3.8, 4) is 5.75 Å². The second kappa shape index (κ2) is 5.54. The molecule has 1 atom stereocenters. The number of rotatable bonds is 3. The zero-order valence-electron chi connectivity index (χ0n) is 12.7. The number of methoxy groups -OCH3 is 1. The number of nitrogens with two attached hydrogens (primary N) is 1. The molecule has 1 aliphatic rings. The Morgan fingerprint density at radius 1 is 1.26 bits per heavy atom. The quantitative estimate of drug-likeness (QED) is 0.884. The van der Waals surface area contributed by atoms with Crippen molar-refractivity contribution in [2.75, 3.05) is 7.11 Å². The summed E-state index contributed by atoms with van der Waals surface area (Å²) in [5.74, 6) is 1.54. The highest BCUT2D eigenvalue weighted by Crippen LogP contribution is 2.42. The van der Waals surface area contributed by atoms with Gasteiger partial charge in [0.15, 0.2) is 0 Å². The minimum absolute atomic E-state index is 0.169. The lowest BCUT2D eigenvalue weighted by molar-refractivity contribution is 0.173. The van der Waals surface area contributed by atoms with Gasteiger partial charge >= 0.3 is 0 Å². The van der Waals surface area contributed by atoms with Gasteiger partial charge in [0.1, 0.15) is 5.75 Å². The minimum Gasteiger partial charge on any atom is -0.497 e. The maximum Gasteiger partial charge on any atom is 0.119 e. The lowest BCUT2D eigenvalue weighted by atomic mass is 9.70. The Morgan fingerprint density at radius 3 is 2.42 bits per heavy atom. The highest BCUT2D eigenvalue weighted by atomic mass is 16.5. The van der Waals surface area contributed by atoms with Gasteiger partial charge in [0.25, 0.3) is 0 Å². The largest absolute Gasteiger partial charge is 0.497 e. The molecule has 106 valence electrons. The van der Waals surface area contributed by atoms with Crippen LogP contribution in [0.4, 0.5) is 0 Å². The topological polar surface area (TPSA) is 35.2 Å². The van der Waals surface area contributed by atoms with E-state index in [-0.39, 0.29) is 6.04 Å². The Labute approximate surface area is 117 Å². The van der Waals surface area contributed by atoms with Gasteiger partial charge in [-0.1, -0.05) is 19.9 Å². The highest BCUT2D eigenvalue weighted by Gasteiger charge is 2.30. The molecule has 1 saturated carbocycles. The molecule has 0 amide bonds. The van der Waals surface area contributed by atoms with Crippen LogP contribution in [0.15, 0.2) is 18.2 Å². The van der Waals surface area contributed by atoms with Gasteiger partial charge in [0.2, 0.25) is 0 Å². The molecule has 0 heterocycles. The summed E-state index contributed by atoms with van der Waals surface area (Å²) in [5.41, 5.74) is 9.54. The fraction of sp³-hybridized carbons (Fsp3) is 0.647. The molecular formula is C17H27NO. The van der Waals surface area contributed by atoms with Crippen LogP contribution < -0.4 is 10.5 Å². The molecule has 2 heteroatoms. The summed E-state index contributed by atoms with van der Waals surface area (Å²) in [5, 5.41) is 0. The molecule has 0 spiro atoms. The Hall–Kier alpha value is -1.02. The molecule has 2 rings (SSSR count). The third-order valence-electron chi connectivity index (χ3n) is 4.73. The molecule has 0 bridgehead atoms. The third kappa shape index (κ3) is 3.30. The van der Waals surface area contributed by atoms with Crippen LogP contribution in [0, 0.1) is 18.3 Å². The molecule has 2 N–H and O–H groups in total. The number of ether oxygens (including phenoxy) is 1. The van der Waals surface area contributed by atoms with E-state index in [0.717, 1.165) is 5.75 Å². The van der Waals surface area contributed by atoms with Crippen molar-refractivity contribution >= 4 is 0 Å². The zero-order chi connectivity index (χ0) is 14.0. The fourth-order valence-corrected chi connectivity index (χ4v) is 3.18. The molecule has 0 aromatic heterocycles. The van der Waals surface area contributed by atoms with Gasteiger partial charge in [0, 0.05) is 6.04 Å². The van der Waals surface area contributed by atoms with E-state index in [2.05, 4.69) is 32.9 Å². The fourth-order valence-electron chi connectivity index (χ4n) is 3.18. The predicted octanol–water partition coefficient (Wildman–Crippen LogP) is 4.22. The van der Waals surface area contributed by atoms with E-state index >= 15 is 0 Å². The maximum absolute atomic E-state index is 6.51. The first-order valence-corrected chi connectivity index (χ1v) is 7.33. The number of aryl methyl sites for hydroxylation is 1. The Kier molecular flexibility index (Phi) is 4.19. The third-order valence-corrected chi connectivity index (χ3v) is 4.73. The monoisotopic (exact) mass is 261 g/mol. The molecule has 1 aromatic rings. The molecule has 1 aromatic carbocycles. The molecule has 0 saturated heterocycles. The summed E-state index contributed by atoms with van der Waals surface area (Å²) < 4.78 is 5.26. The Bertz CT molecular complexity index is 429. The van der Waals surface area contributed by atoms with E-state index in [1.54, 1.807) is 7.11 Å². The SMILES string of the molecule is COc1ccc(C(N)C2CCC(C)(C)CC2)c(C)c1. The summed E-state index contributed by atoms with van der Waals surface area (Å²) in [6.45, 7) is 6.87. The van der Waals surface area contributed by atoms with E-state index in [1.165, 1.54) is 36.8 Å². The highest BCUT2D eigenvalue weighted by molar-refractivity contribution is 5.36. The minimum atomic E-state index is 0.169. The van der Waals surface area contributed by atoms with Crippen molar-refractivity contribution in [2.24, 2.45) is 17.1 Å². The van der Waals surface area contributed by atoms with Crippen molar-refractivity contribution in [1.29, 1.82) is 0 Å². The van der Waals surface area contributed by atoms with Gasteiger partial charge in [-0.3, -0.25) is 0 Å². The van der Waals surface area contributed by atoms with Crippen LogP contribution in [0.1, 0.15) is 56.7 Å². The smallest absolute Gasteiger partial charge is 0.119 e. The lowest BCUT2D eigenvalue weighted by Crippen LogP contribution is -2.29. The average molecular weight is 261 g/mol. The van der Waals surface area contributed by atoms with Gasteiger partial charge in [-0.15, -0.1) is 0 Å². The van der Waals surface area contributed by atoms with Crippen LogP contribution in [0.25, 0.3) is 0 Å². The Morgan fingerprint density at radius 2 is 1.89 bits per heavy atom. The normalized spacial score (nSPS) is 21.1. The average Bonchev–Trinajstić information content (AvgIpc) is 2.37. The van der Waals surface area contributed by atoms with Crippen LogP contribution in [0.3, 0.4) is 0 Å². The second-order valence-corrected chi connectivity index (χ2v) is 6.75. The summed E-state index contributed by atoms with van der Waals surface area (Å²) in [6.07, 6.45) is 5.08. The van der Waals surface area contributed by atoms with Crippen LogP contribution in [-0.2, 0) is 0 Å². The standard InChI is InChI=1S/C17H27NO/c1-12-11-14(19-4)5-6-15(12)16(18)13-7-9-17(2,3)10-8-13/h5-6,11,13,16H,7-10,18H2,1-4H3. The number of hydrogen-bond acceptors (Lipinski definition) is 2. The number of hydrogen-bond donors (Lipinski definition) is 1. The summed E-state index contributed by atoms with van der Waals surface area (Å²) >= 11 is 0. The first kappa shape index (κ1) is 14.4. The van der Waals surface area contributed by atoms with Crippen LogP contribution >= 0.6 is 0 Å². The van der Waals surface area contributed by atoms with E-state index in [1.807, 2.05) is 6.07 Å². The van der Waals surface area contributed by atoms with E-state index in [0.29, 0.717) is 11.3 Å². The van der Waals surface area contributed by atoms with Gasteiger partial charge < -0.3 is 10.5 Å². The Balaban J connectivity index is 2.10. The molecule has 1 unspecified atom stereocenters. The van der Waals surface area contributed by atoms with Gasteiger partial charge in [-0.25, -0.2) is 0 Å². The first-order valence-electron chi connectivity index (χ1n) is 7.33. The van der Waals surface area contributed by atoms with E-state index in [4.69, 9.17) is 10.5 Å². The second-order valence-electron chi connectivity index (χ2n) is 6.75. The van der Waals surface area contributed by atoms with Crippen molar-refractivity contribution < 1.29 is 4.74 Å². The molecule has 0 radical (unpaired) electrons. The molecule has 0 aliphatic heterocycles. The molecular weight excluding hydrogens is 234 g/mol.